The molecule has 0 radical (unpaired) electrons. The van der Waals surface area contributed by atoms with Crippen LogP contribution in [0.4, 0.5) is 14.5 Å². The molecule has 8 heteroatoms. The average molecular weight is 314 g/mol. The van der Waals surface area contributed by atoms with Crippen LogP contribution in [0.5, 0.6) is 0 Å². The quantitative estimate of drug-likeness (QED) is 0.580. The highest BCUT2D eigenvalue weighted by Gasteiger charge is 2.06. The van der Waals surface area contributed by atoms with Crippen LogP contribution in [0.15, 0.2) is 53.6 Å². The Balaban J connectivity index is 1.66. The van der Waals surface area contributed by atoms with E-state index in [9.17, 15) is 8.78 Å². The average Bonchev–Trinajstić information content (AvgIpc) is 3.02. The van der Waals surface area contributed by atoms with Gasteiger partial charge in [-0.25, -0.2) is 8.78 Å². The maximum absolute atomic E-state index is 13.4. The summed E-state index contributed by atoms with van der Waals surface area (Å²) < 4.78 is 27.8. The van der Waals surface area contributed by atoms with Crippen molar-refractivity contribution in [2.45, 2.75) is 6.42 Å². The van der Waals surface area contributed by atoms with Crippen LogP contribution in [0.3, 0.4) is 0 Å². The summed E-state index contributed by atoms with van der Waals surface area (Å²) in [5.74, 6) is -0.767. The monoisotopic (exact) mass is 314 g/mol. The van der Waals surface area contributed by atoms with Crippen molar-refractivity contribution in [3.05, 3.63) is 66.0 Å². The number of para-hydroxylation sites is 1. The summed E-state index contributed by atoms with van der Waals surface area (Å²) in [6.07, 6.45) is 1.85. The first-order valence-corrected chi connectivity index (χ1v) is 6.79. The molecule has 0 unspecified atom stereocenters. The van der Waals surface area contributed by atoms with Crippen molar-refractivity contribution in [3.8, 4) is 5.69 Å². The second kappa shape index (κ2) is 6.73. The number of aromatic nitrogens is 4. The number of hydrazone groups is 1. The van der Waals surface area contributed by atoms with Crippen molar-refractivity contribution in [1.29, 1.82) is 0 Å². The third-order valence-corrected chi connectivity index (χ3v) is 3.02. The third kappa shape index (κ3) is 3.54. The van der Waals surface area contributed by atoms with Crippen LogP contribution >= 0.6 is 0 Å². The van der Waals surface area contributed by atoms with Crippen LogP contribution in [0.2, 0.25) is 0 Å². The molecule has 116 valence electrons. The van der Waals surface area contributed by atoms with Crippen molar-refractivity contribution in [3.63, 3.8) is 0 Å². The topological polar surface area (TPSA) is 68.0 Å². The largest absolute Gasteiger partial charge is 0.276 e. The van der Waals surface area contributed by atoms with E-state index in [0.29, 0.717) is 12.2 Å². The Bertz CT molecular complexity index is 816. The molecule has 0 spiro atoms. The summed E-state index contributed by atoms with van der Waals surface area (Å²) >= 11 is 0. The highest BCUT2D eigenvalue weighted by molar-refractivity contribution is 5.62. The first-order valence-electron chi connectivity index (χ1n) is 6.79. The predicted molar refractivity (Wildman–Crippen MR) is 81.3 cm³/mol. The normalized spacial score (nSPS) is 11.0. The van der Waals surface area contributed by atoms with Crippen molar-refractivity contribution >= 4 is 11.9 Å². The summed E-state index contributed by atoms with van der Waals surface area (Å²) in [6.45, 7) is 0. The number of anilines is 1. The molecule has 1 aromatic heterocycles. The Morgan fingerprint density at radius 1 is 1.13 bits per heavy atom. The lowest BCUT2D eigenvalue weighted by Crippen LogP contribution is -2.04. The number of hydrogen-bond acceptors (Lipinski definition) is 5. The SMILES string of the molecule is Fc1ccc(N/N=C/Cc2nnnn2-c2ccccc2)c(F)c1. The van der Waals surface area contributed by atoms with E-state index < -0.39 is 11.6 Å². The van der Waals surface area contributed by atoms with E-state index in [1.807, 2.05) is 30.3 Å². The molecule has 1 N–H and O–H groups in total. The van der Waals surface area contributed by atoms with Gasteiger partial charge in [-0.05, 0) is 34.7 Å². The predicted octanol–water partition coefficient (Wildman–Crippen LogP) is 2.58. The third-order valence-electron chi connectivity index (χ3n) is 3.02. The highest BCUT2D eigenvalue weighted by atomic mass is 19.1. The Morgan fingerprint density at radius 2 is 1.96 bits per heavy atom. The van der Waals surface area contributed by atoms with Gasteiger partial charge in [0.2, 0.25) is 0 Å². The first-order chi connectivity index (χ1) is 11.2. The van der Waals surface area contributed by atoms with Gasteiger partial charge in [0.1, 0.15) is 5.82 Å². The van der Waals surface area contributed by atoms with Crippen LogP contribution in [-0.4, -0.2) is 26.4 Å². The number of nitrogens with one attached hydrogen (secondary N) is 1. The number of nitrogens with zero attached hydrogens (tertiary/aromatic N) is 5. The Morgan fingerprint density at radius 3 is 2.74 bits per heavy atom. The van der Waals surface area contributed by atoms with Gasteiger partial charge < -0.3 is 0 Å². The van der Waals surface area contributed by atoms with Gasteiger partial charge in [0.25, 0.3) is 0 Å². The molecule has 3 aromatic rings. The summed E-state index contributed by atoms with van der Waals surface area (Å²) in [4.78, 5) is 0. The standard InChI is InChI=1S/C15H12F2N6/c16-11-6-7-14(13(17)10-11)19-18-9-8-15-20-21-22-23(15)12-4-2-1-3-5-12/h1-7,9-10,19H,8H2/b18-9+. The van der Waals surface area contributed by atoms with E-state index in [4.69, 9.17) is 0 Å². The second-order valence-electron chi connectivity index (χ2n) is 4.59. The molecule has 0 amide bonds. The van der Waals surface area contributed by atoms with Crippen molar-refractivity contribution in [2.75, 3.05) is 5.43 Å². The Labute approximate surface area is 130 Å². The van der Waals surface area contributed by atoms with Crippen LogP contribution in [-0.2, 0) is 6.42 Å². The minimum atomic E-state index is -0.712. The minimum Gasteiger partial charge on any atom is -0.276 e. The number of rotatable bonds is 5. The lowest BCUT2D eigenvalue weighted by Gasteiger charge is -2.03. The second-order valence-corrected chi connectivity index (χ2v) is 4.59. The first kappa shape index (κ1) is 14.8. The van der Waals surface area contributed by atoms with E-state index in [-0.39, 0.29) is 5.69 Å². The summed E-state index contributed by atoms with van der Waals surface area (Å²) in [6, 6.07) is 12.6. The van der Waals surface area contributed by atoms with E-state index in [0.717, 1.165) is 17.8 Å². The highest BCUT2D eigenvalue weighted by Crippen LogP contribution is 2.14. The molecular formula is C15H12F2N6. The van der Waals surface area contributed by atoms with Gasteiger partial charge in [0.05, 0.1) is 11.4 Å². The molecule has 1 heterocycles. The molecule has 0 saturated heterocycles. The van der Waals surface area contributed by atoms with Crippen LogP contribution < -0.4 is 5.43 Å². The van der Waals surface area contributed by atoms with Gasteiger partial charge in [0.15, 0.2) is 11.6 Å². The van der Waals surface area contributed by atoms with Crippen LogP contribution in [0, 0.1) is 11.6 Å². The molecular weight excluding hydrogens is 302 g/mol. The Hall–Kier alpha value is -3.16. The maximum Gasteiger partial charge on any atom is 0.162 e. The molecule has 0 atom stereocenters. The molecule has 0 bridgehead atoms. The van der Waals surface area contributed by atoms with E-state index in [1.165, 1.54) is 12.3 Å². The van der Waals surface area contributed by atoms with Gasteiger partial charge in [-0.2, -0.15) is 9.78 Å². The summed E-state index contributed by atoms with van der Waals surface area (Å²) in [7, 11) is 0. The minimum absolute atomic E-state index is 0.0882. The van der Waals surface area contributed by atoms with Crippen LogP contribution in [0.25, 0.3) is 5.69 Å². The number of tetrazole rings is 1. The molecule has 3 rings (SSSR count). The number of hydrogen-bond donors (Lipinski definition) is 1. The molecule has 0 aliphatic heterocycles. The van der Waals surface area contributed by atoms with Crippen molar-refractivity contribution in [2.24, 2.45) is 5.10 Å². The lowest BCUT2D eigenvalue weighted by atomic mass is 10.3. The van der Waals surface area contributed by atoms with Gasteiger partial charge in [0, 0.05) is 18.7 Å². The molecule has 23 heavy (non-hydrogen) atoms. The number of benzene rings is 2. The molecule has 2 aromatic carbocycles. The number of halogens is 2. The van der Waals surface area contributed by atoms with Gasteiger partial charge in [-0.1, -0.05) is 18.2 Å². The molecule has 6 nitrogen and oxygen atoms in total. The molecule has 0 aliphatic carbocycles. The van der Waals surface area contributed by atoms with E-state index >= 15 is 0 Å². The fraction of sp³-hybridized carbons (Fsp3) is 0.0667. The van der Waals surface area contributed by atoms with E-state index in [1.54, 1.807) is 4.68 Å². The molecule has 0 aliphatic rings. The van der Waals surface area contributed by atoms with Gasteiger partial charge >= 0.3 is 0 Å². The fourth-order valence-electron chi connectivity index (χ4n) is 1.93. The Kier molecular flexibility index (Phi) is 4.32. The van der Waals surface area contributed by atoms with E-state index in [2.05, 4.69) is 26.1 Å². The molecule has 0 fully saturated rings. The zero-order chi connectivity index (χ0) is 16.1. The zero-order valence-corrected chi connectivity index (χ0v) is 11.9. The summed E-state index contributed by atoms with van der Waals surface area (Å²) in [5, 5.41) is 15.4. The smallest absolute Gasteiger partial charge is 0.162 e. The maximum atomic E-state index is 13.4. The van der Waals surface area contributed by atoms with Crippen LogP contribution in [0.1, 0.15) is 5.82 Å². The summed E-state index contributed by atoms with van der Waals surface area (Å²) in [5.41, 5.74) is 3.43. The fourth-order valence-corrected chi connectivity index (χ4v) is 1.93. The molecule has 0 saturated carbocycles. The lowest BCUT2D eigenvalue weighted by molar-refractivity contribution is 0.585. The van der Waals surface area contributed by atoms with Gasteiger partial charge in [-0.3, -0.25) is 5.43 Å². The van der Waals surface area contributed by atoms with Crippen molar-refractivity contribution < 1.29 is 8.78 Å². The van der Waals surface area contributed by atoms with Gasteiger partial charge in [-0.15, -0.1) is 5.10 Å². The zero-order valence-electron chi connectivity index (χ0n) is 11.9. The van der Waals surface area contributed by atoms with Crippen molar-refractivity contribution in [1.82, 2.24) is 20.2 Å².